The van der Waals surface area contributed by atoms with E-state index >= 15 is 0 Å². The zero-order valence-corrected chi connectivity index (χ0v) is 10.2. The van der Waals surface area contributed by atoms with Crippen LogP contribution < -0.4 is 5.73 Å². The van der Waals surface area contributed by atoms with Crippen LogP contribution in [-0.2, 0) is 6.54 Å². The second kappa shape index (κ2) is 5.51. The molecule has 2 N–H and O–H groups in total. The summed E-state index contributed by atoms with van der Waals surface area (Å²) < 4.78 is 0. The van der Waals surface area contributed by atoms with E-state index in [9.17, 15) is 0 Å². The molecule has 0 aromatic carbocycles. The van der Waals surface area contributed by atoms with E-state index in [4.69, 9.17) is 17.3 Å². The number of pyridine rings is 1. The first kappa shape index (κ1) is 12.5. The van der Waals surface area contributed by atoms with E-state index in [-0.39, 0.29) is 0 Å². The SMILES string of the molecule is C=C(N)N=C(C)N(C)Cc1ccc(Cl)nc1. The molecule has 0 atom stereocenters. The van der Waals surface area contributed by atoms with E-state index in [1.165, 1.54) is 0 Å². The summed E-state index contributed by atoms with van der Waals surface area (Å²) in [6, 6.07) is 3.69. The van der Waals surface area contributed by atoms with Gasteiger partial charge >= 0.3 is 0 Å². The monoisotopic (exact) mass is 238 g/mol. The number of aliphatic imine (C=N–C) groups is 1. The highest BCUT2D eigenvalue weighted by Crippen LogP contribution is 2.07. The summed E-state index contributed by atoms with van der Waals surface area (Å²) in [7, 11) is 1.93. The van der Waals surface area contributed by atoms with Crippen molar-refractivity contribution >= 4 is 17.4 Å². The summed E-state index contributed by atoms with van der Waals surface area (Å²) in [4.78, 5) is 10.0. The highest BCUT2D eigenvalue weighted by molar-refractivity contribution is 6.29. The summed E-state index contributed by atoms with van der Waals surface area (Å²) in [6.45, 7) is 6.11. The standard InChI is InChI=1S/C11H15ClN4/c1-8(13)15-9(2)16(3)7-10-4-5-11(12)14-6-10/h4-6H,1,7,13H2,2-3H3. The van der Waals surface area contributed by atoms with Crippen LogP contribution in [0.5, 0.6) is 0 Å². The topological polar surface area (TPSA) is 54.5 Å². The molecule has 0 spiro atoms. The first-order valence-electron chi connectivity index (χ1n) is 4.80. The first-order valence-corrected chi connectivity index (χ1v) is 5.18. The highest BCUT2D eigenvalue weighted by Gasteiger charge is 2.02. The van der Waals surface area contributed by atoms with Crippen molar-refractivity contribution in [3.05, 3.63) is 41.4 Å². The van der Waals surface area contributed by atoms with Crippen molar-refractivity contribution < 1.29 is 0 Å². The smallest absolute Gasteiger partial charge is 0.129 e. The average molecular weight is 239 g/mol. The van der Waals surface area contributed by atoms with Gasteiger partial charge in [0, 0.05) is 19.8 Å². The molecule has 0 saturated heterocycles. The van der Waals surface area contributed by atoms with Crippen LogP contribution in [0.3, 0.4) is 0 Å². The molecule has 0 amide bonds. The average Bonchev–Trinajstić information content (AvgIpc) is 2.20. The predicted molar refractivity (Wildman–Crippen MR) is 67.2 cm³/mol. The number of nitrogens with zero attached hydrogens (tertiary/aromatic N) is 3. The van der Waals surface area contributed by atoms with Gasteiger partial charge in [0.2, 0.25) is 0 Å². The number of aromatic nitrogens is 1. The summed E-state index contributed by atoms with van der Waals surface area (Å²) in [5.74, 6) is 1.11. The maximum atomic E-state index is 5.70. The molecule has 1 heterocycles. The minimum Gasteiger partial charge on any atom is -0.384 e. The molecule has 0 unspecified atom stereocenters. The van der Waals surface area contributed by atoms with Crippen LogP contribution in [0.4, 0.5) is 0 Å². The number of hydrogen-bond donors (Lipinski definition) is 1. The van der Waals surface area contributed by atoms with E-state index in [2.05, 4.69) is 16.6 Å². The Bertz CT molecular complexity index is 397. The van der Waals surface area contributed by atoms with Crippen molar-refractivity contribution in [2.45, 2.75) is 13.5 Å². The fourth-order valence-electron chi connectivity index (χ4n) is 1.18. The van der Waals surface area contributed by atoms with Crippen LogP contribution >= 0.6 is 11.6 Å². The van der Waals surface area contributed by atoms with Crippen molar-refractivity contribution in [3.8, 4) is 0 Å². The fraction of sp³-hybridized carbons (Fsp3) is 0.273. The van der Waals surface area contributed by atoms with Gasteiger partial charge in [0.1, 0.15) is 16.8 Å². The van der Waals surface area contributed by atoms with Gasteiger partial charge in [-0.1, -0.05) is 24.2 Å². The van der Waals surface area contributed by atoms with Gasteiger partial charge in [0.15, 0.2) is 0 Å². The molecule has 0 aliphatic carbocycles. The Labute approximate surface area is 100 Å². The molecule has 0 aliphatic rings. The molecule has 0 radical (unpaired) electrons. The molecule has 1 aromatic rings. The van der Waals surface area contributed by atoms with Gasteiger partial charge < -0.3 is 10.6 Å². The zero-order chi connectivity index (χ0) is 12.1. The van der Waals surface area contributed by atoms with Crippen molar-refractivity contribution in [2.24, 2.45) is 10.7 Å². The summed E-state index contributed by atoms with van der Waals surface area (Å²) in [5.41, 5.74) is 6.47. The Morgan fingerprint density at radius 2 is 2.31 bits per heavy atom. The van der Waals surface area contributed by atoms with Crippen molar-refractivity contribution in [1.29, 1.82) is 0 Å². The van der Waals surface area contributed by atoms with Gasteiger partial charge in [-0.25, -0.2) is 9.98 Å². The Hall–Kier alpha value is -1.55. The molecular weight excluding hydrogens is 224 g/mol. The summed E-state index contributed by atoms with van der Waals surface area (Å²) in [5, 5.41) is 0.493. The normalized spacial score (nSPS) is 11.3. The Morgan fingerprint density at radius 1 is 1.62 bits per heavy atom. The minimum absolute atomic E-state index is 0.304. The summed E-state index contributed by atoms with van der Waals surface area (Å²) >= 11 is 5.70. The van der Waals surface area contributed by atoms with Crippen LogP contribution in [-0.4, -0.2) is 22.8 Å². The first-order chi connectivity index (χ1) is 7.49. The quantitative estimate of drug-likeness (QED) is 0.498. The predicted octanol–water partition coefficient (Wildman–Crippen LogP) is 2.02. The van der Waals surface area contributed by atoms with E-state index in [1.54, 1.807) is 12.3 Å². The molecular formula is C11H15ClN4. The van der Waals surface area contributed by atoms with Crippen LogP contribution in [0.25, 0.3) is 0 Å². The van der Waals surface area contributed by atoms with Gasteiger partial charge in [-0.05, 0) is 18.6 Å². The molecule has 86 valence electrons. The van der Waals surface area contributed by atoms with Gasteiger partial charge in [-0.15, -0.1) is 0 Å². The van der Waals surface area contributed by atoms with E-state index in [0.29, 0.717) is 17.5 Å². The maximum absolute atomic E-state index is 5.70. The zero-order valence-electron chi connectivity index (χ0n) is 9.44. The van der Waals surface area contributed by atoms with E-state index in [0.717, 1.165) is 11.4 Å². The Morgan fingerprint density at radius 3 is 2.81 bits per heavy atom. The van der Waals surface area contributed by atoms with Gasteiger partial charge in [-0.2, -0.15) is 0 Å². The lowest BCUT2D eigenvalue weighted by molar-refractivity contribution is 0.496. The molecule has 0 fully saturated rings. The minimum atomic E-state index is 0.304. The van der Waals surface area contributed by atoms with Crippen LogP contribution in [0, 0.1) is 0 Å². The van der Waals surface area contributed by atoms with Crippen LogP contribution in [0.2, 0.25) is 5.15 Å². The van der Waals surface area contributed by atoms with Crippen LogP contribution in [0.1, 0.15) is 12.5 Å². The molecule has 5 heteroatoms. The number of rotatable bonds is 3. The largest absolute Gasteiger partial charge is 0.384 e. The van der Waals surface area contributed by atoms with Crippen LogP contribution in [0.15, 0.2) is 35.7 Å². The lowest BCUT2D eigenvalue weighted by atomic mass is 10.3. The van der Waals surface area contributed by atoms with Crippen molar-refractivity contribution in [2.75, 3.05) is 7.05 Å². The highest BCUT2D eigenvalue weighted by atomic mass is 35.5. The third kappa shape index (κ3) is 3.90. The number of hydrogen-bond acceptors (Lipinski definition) is 3. The number of amidine groups is 1. The third-order valence-electron chi connectivity index (χ3n) is 2.07. The molecule has 1 aromatic heterocycles. The van der Waals surface area contributed by atoms with Crippen molar-refractivity contribution in [1.82, 2.24) is 9.88 Å². The second-order valence-electron chi connectivity index (χ2n) is 3.50. The van der Waals surface area contributed by atoms with Gasteiger partial charge in [0.25, 0.3) is 0 Å². The lowest BCUT2D eigenvalue weighted by Crippen LogP contribution is -2.24. The summed E-state index contributed by atoms with van der Waals surface area (Å²) in [6.07, 6.45) is 1.74. The van der Waals surface area contributed by atoms with E-state index < -0.39 is 0 Å². The lowest BCUT2D eigenvalue weighted by Gasteiger charge is -2.18. The molecule has 4 nitrogen and oxygen atoms in total. The fourth-order valence-corrected chi connectivity index (χ4v) is 1.29. The Kier molecular flexibility index (Phi) is 4.31. The van der Waals surface area contributed by atoms with Crippen molar-refractivity contribution in [3.63, 3.8) is 0 Å². The number of halogens is 1. The molecule has 16 heavy (non-hydrogen) atoms. The third-order valence-corrected chi connectivity index (χ3v) is 2.29. The second-order valence-corrected chi connectivity index (χ2v) is 3.88. The Balaban J connectivity index is 2.67. The molecule has 0 aliphatic heterocycles. The maximum Gasteiger partial charge on any atom is 0.129 e. The van der Waals surface area contributed by atoms with E-state index in [1.807, 2.05) is 24.9 Å². The molecule has 0 saturated carbocycles. The molecule has 1 rings (SSSR count). The number of nitrogens with two attached hydrogens (primary N) is 1. The molecule has 0 bridgehead atoms. The van der Waals surface area contributed by atoms with Gasteiger partial charge in [0.05, 0.1) is 0 Å². The van der Waals surface area contributed by atoms with Gasteiger partial charge in [-0.3, -0.25) is 0 Å².